The van der Waals surface area contributed by atoms with Gasteiger partial charge in [0.15, 0.2) is 0 Å². The normalized spacial score (nSPS) is 14.9. The predicted molar refractivity (Wildman–Crippen MR) is 123 cm³/mol. The van der Waals surface area contributed by atoms with Gasteiger partial charge in [0.05, 0.1) is 23.6 Å². The minimum Gasteiger partial charge on any atom is -0.490 e. The molecule has 1 aliphatic heterocycles. The number of likely N-dealkylation sites (N-methyl/N-ethyl adjacent to an activating group) is 1. The largest absolute Gasteiger partial charge is 0.490 e. The van der Waals surface area contributed by atoms with Crippen LogP contribution in [0, 0.1) is 11.8 Å². The SMILES string of the molecule is CN1CCN(CCOc2ccc(-c3ncc(C(F)(F)F)[nH]3)cc2NC(=O)C#Cc2cn[nH]c2)CC1. The summed E-state index contributed by atoms with van der Waals surface area (Å²) in [7, 11) is 2.08. The Kier molecular flexibility index (Phi) is 7.38. The van der Waals surface area contributed by atoms with Gasteiger partial charge in [-0.2, -0.15) is 18.3 Å². The third-order valence-corrected chi connectivity index (χ3v) is 5.46. The molecule has 0 aliphatic carbocycles. The highest BCUT2D eigenvalue weighted by atomic mass is 19.4. The standard InChI is InChI=1S/C23H24F3N7O2/c1-32-6-8-33(9-7-32)10-11-35-19-4-3-17(22-27-15-20(31-22)23(24,25)26)12-18(19)30-21(34)5-2-16-13-28-29-14-16/h3-4,12-15H,6-11H2,1H3,(H,27,31)(H,28,29)(H,30,34). The first-order chi connectivity index (χ1) is 16.8. The Balaban J connectivity index is 1.51. The molecule has 3 N–H and O–H groups in total. The maximum atomic E-state index is 13.0. The molecule has 0 unspecified atom stereocenters. The van der Waals surface area contributed by atoms with Gasteiger partial charge in [-0.05, 0) is 25.2 Å². The van der Waals surface area contributed by atoms with Crippen molar-refractivity contribution in [2.75, 3.05) is 51.7 Å². The van der Waals surface area contributed by atoms with Crippen LogP contribution in [0.4, 0.5) is 18.9 Å². The van der Waals surface area contributed by atoms with E-state index >= 15 is 0 Å². The Morgan fingerprint density at radius 2 is 2.03 bits per heavy atom. The maximum absolute atomic E-state index is 13.0. The molecular formula is C23H24F3N7O2. The van der Waals surface area contributed by atoms with Crippen LogP contribution in [0.3, 0.4) is 0 Å². The van der Waals surface area contributed by atoms with Crippen LogP contribution in [0.15, 0.2) is 36.8 Å². The number of ether oxygens (including phenoxy) is 1. The molecule has 184 valence electrons. The number of aromatic nitrogens is 4. The van der Waals surface area contributed by atoms with E-state index < -0.39 is 17.8 Å². The molecule has 3 heterocycles. The summed E-state index contributed by atoms with van der Waals surface area (Å²) in [4.78, 5) is 23.1. The van der Waals surface area contributed by atoms with Gasteiger partial charge in [0.25, 0.3) is 0 Å². The molecule has 1 amide bonds. The number of hydrogen-bond donors (Lipinski definition) is 3. The topological polar surface area (TPSA) is 102 Å². The lowest BCUT2D eigenvalue weighted by molar-refractivity contribution is -0.140. The van der Waals surface area contributed by atoms with Crippen LogP contribution in [0.2, 0.25) is 0 Å². The van der Waals surface area contributed by atoms with E-state index in [-0.39, 0.29) is 11.5 Å². The van der Waals surface area contributed by atoms with Crippen molar-refractivity contribution in [2.45, 2.75) is 6.18 Å². The molecule has 0 spiro atoms. The molecule has 9 nitrogen and oxygen atoms in total. The predicted octanol–water partition coefficient (Wildman–Crippen LogP) is 2.44. The number of amides is 1. The lowest BCUT2D eigenvalue weighted by Crippen LogP contribution is -2.45. The number of aromatic amines is 2. The summed E-state index contributed by atoms with van der Waals surface area (Å²) in [6, 6.07) is 4.67. The van der Waals surface area contributed by atoms with Gasteiger partial charge < -0.3 is 19.9 Å². The van der Waals surface area contributed by atoms with Gasteiger partial charge in [-0.3, -0.25) is 14.8 Å². The molecule has 35 heavy (non-hydrogen) atoms. The highest BCUT2D eigenvalue weighted by Gasteiger charge is 2.33. The van der Waals surface area contributed by atoms with E-state index in [2.05, 4.69) is 54.2 Å². The molecule has 0 bridgehead atoms. The summed E-state index contributed by atoms with van der Waals surface area (Å²) in [6.45, 7) is 4.92. The average molecular weight is 487 g/mol. The van der Waals surface area contributed by atoms with Crippen LogP contribution >= 0.6 is 0 Å². The van der Waals surface area contributed by atoms with Gasteiger partial charge in [0.1, 0.15) is 23.9 Å². The molecule has 12 heteroatoms. The molecule has 0 radical (unpaired) electrons. The third-order valence-electron chi connectivity index (χ3n) is 5.46. The van der Waals surface area contributed by atoms with Crippen LogP contribution in [-0.2, 0) is 11.0 Å². The van der Waals surface area contributed by atoms with Crippen molar-refractivity contribution in [2.24, 2.45) is 0 Å². The summed E-state index contributed by atoms with van der Waals surface area (Å²) in [6.07, 6.45) is -0.798. The number of rotatable bonds is 6. The fraction of sp³-hybridized carbons (Fsp3) is 0.348. The molecular weight excluding hydrogens is 463 g/mol. The number of benzene rings is 1. The fourth-order valence-electron chi connectivity index (χ4n) is 3.47. The Labute approximate surface area is 199 Å². The number of piperazine rings is 1. The van der Waals surface area contributed by atoms with Crippen molar-refractivity contribution in [1.82, 2.24) is 30.0 Å². The van der Waals surface area contributed by atoms with Crippen molar-refractivity contribution in [3.63, 3.8) is 0 Å². The van der Waals surface area contributed by atoms with Crippen molar-refractivity contribution < 1.29 is 22.7 Å². The highest BCUT2D eigenvalue weighted by molar-refractivity contribution is 6.05. The second-order valence-electron chi connectivity index (χ2n) is 8.04. The van der Waals surface area contributed by atoms with Crippen LogP contribution in [-0.4, -0.2) is 82.3 Å². The van der Waals surface area contributed by atoms with Crippen molar-refractivity contribution in [3.8, 4) is 29.0 Å². The van der Waals surface area contributed by atoms with E-state index in [0.29, 0.717) is 30.0 Å². The number of alkyl halides is 3. The second-order valence-corrected chi connectivity index (χ2v) is 8.04. The van der Waals surface area contributed by atoms with Crippen LogP contribution in [0.25, 0.3) is 11.4 Å². The zero-order chi connectivity index (χ0) is 24.8. The van der Waals surface area contributed by atoms with Gasteiger partial charge in [0, 0.05) is 50.4 Å². The van der Waals surface area contributed by atoms with Gasteiger partial charge >= 0.3 is 12.1 Å². The lowest BCUT2D eigenvalue weighted by Gasteiger charge is -2.32. The molecule has 1 aliphatic rings. The Hall–Kier alpha value is -3.82. The summed E-state index contributed by atoms with van der Waals surface area (Å²) in [5.41, 5.74) is 0.201. The van der Waals surface area contributed by atoms with Gasteiger partial charge in [-0.25, -0.2) is 4.98 Å². The third kappa shape index (κ3) is 6.62. The summed E-state index contributed by atoms with van der Waals surface area (Å²) < 4.78 is 44.8. The average Bonchev–Trinajstić information content (AvgIpc) is 3.52. The molecule has 4 rings (SSSR count). The van der Waals surface area contributed by atoms with E-state index in [9.17, 15) is 18.0 Å². The van der Waals surface area contributed by atoms with E-state index in [1.807, 2.05) is 0 Å². The van der Waals surface area contributed by atoms with E-state index in [1.54, 1.807) is 18.3 Å². The Bertz CT molecular complexity index is 1200. The number of imidazole rings is 1. The molecule has 0 saturated carbocycles. The first-order valence-corrected chi connectivity index (χ1v) is 10.9. The number of anilines is 1. The zero-order valence-electron chi connectivity index (χ0n) is 18.9. The zero-order valence-corrected chi connectivity index (χ0v) is 18.9. The van der Waals surface area contributed by atoms with Gasteiger partial charge in [0.2, 0.25) is 0 Å². The molecule has 1 fully saturated rings. The van der Waals surface area contributed by atoms with Gasteiger partial charge in [-0.1, -0.05) is 5.92 Å². The number of nitrogens with zero attached hydrogens (tertiary/aromatic N) is 4. The van der Waals surface area contributed by atoms with E-state index in [0.717, 1.165) is 32.4 Å². The van der Waals surface area contributed by atoms with Crippen LogP contribution in [0.1, 0.15) is 11.3 Å². The van der Waals surface area contributed by atoms with Gasteiger partial charge in [-0.15, -0.1) is 0 Å². The summed E-state index contributed by atoms with van der Waals surface area (Å²) >= 11 is 0. The Morgan fingerprint density at radius 1 is 1.23 bits per heavy atom. The van der Waals surface area contributed by atoms with Crippen LogP contribution < -0.4 is 10.1 Å². The summed E-state index contributed by atoms with van der Waals surface area (Å²) in [5, 5.41) is 9.03. The Morgan fingerprint density at radius 3 is 2.71 bits per heavy atom. The quantitative estimate of drug-likeness (QED) is 0.462. The van der Waals surface area contributed by atoms with Crippen molar-refractivity contribution in [1.29, 1.82) is 0 Å². The highest BCUT2D eigenvalue weighted by Crippen LogP contribution is 2.32. The number of carbonyl (C=O) groups excluding carboxylic acids is 1. The molecule has 1 aromatic carbocycles. The fourth-order valence-corrected chi connectivity index (χ4v) is 3.47. The number of H-pyrrole nitrogens is 2. The van der Waals surface area contributed by atoms with E-state index in [1.165, 1.54) is 12.3 Å². The molecule has 1 saturated heterocycles. The number of halogens is 3. The minimum atomic E-state index is -4.54. The lowest BCUT2D eigenvalue weighted by atomic mass is 10.1. The van der Waals surface area contributed by atoms with Crippen molar-refractivity contribution >= 4 is 11.6 Å². The monoisotopic (exact) mass is 487 g/mol. The molecule has 3 aromatic rings. The van der Waals surface area contributed by atoms with Crippen molar-refractivity contribution in [3.05, 3.63) is 48.0 Å². The molecule has 0 atom stereocenters. The van der Waals surface area contributed by atoms with Crippen LogP contribution in [0.5, 0.6) is 5.75 Å². The minimum absolute atomic E-state index is 0.0151. The number of carbonyl (C=O) groups is 1. The van der Waals surface area contributed by atoms with E-state index in [4.69, 9.17) is 4.74 Å². The number of nitrogens with one attached hydrogen (secondary N) is 3. The first kappa shape index (κ1) is 24.3. The molecule has 2 aromatic heterocycles. The smallest absolute Gasteiger partial charge is 0.432 e. The first-order valence-electron chi connectivity index (χ1n) is 10.9. The second kappa shape index (κ2) is 10.6. The summed E-state index contributed by atoms with van der Waals surface area (Å²) in [5.74, 6) is 4.91. The number of hydrogen-bond acceptors (Lipinski definition) is 6. The maximum Gasteiger partial charge on any atom is 0.432 e.